The van der Waals surface area contributed by atoms with Gasteiger partial charge in [-0.05, 0) is 17.7 Å². The largest absolute Gasteiger partial charge is 0.418 e. The zero-order valence-corrected chi connectivity index (χ0v) is 9.70. The van der Waals surface area contributed by atoms with Crippen molar-refractivity contribution >= 4 is 26.3 Å². The highest BCUT2D eigenvalue weighted by Crippen LogP contribution is 2.19. The summed E-state index contributed by atoms with van der Waals surface area (Å²) >= 11 is 0. The Morgan fingerprint density at radius 3 is 2.00 bits per heavy atom. The molecule has 0 unspecified atom stereocenters. The molecule has 0 heterocycles. The summed E-state index contributed by atoms with van der Waals surface area (Å²) in [5.74, 6) is 0. The molecule has 16 heavy (non-hydrogen) atoms. The molecule has 88 valence electrons. The summed E-state index contributed by atoms with van der Waals surface area (Å²) in [6.45, 7) is 3.49. The Balaban J connectivity index is 3.13. The van der Waals surface area contributed by atoms with E-state index >= 15 is 0 Å². The fraction of sp³-hybridized carbons (Fsp3) is 0. The molecule has 6 nitrogen and oxygen atoms in total. The molecule has 0 saturated carbocycles. The third-order valence-electron chi connectivity index (χ3n) is 1.62. The molecular formula is C8H9N2O4S2-. The Hall–Kier alpha value is -1.22. The van der Waals surface area contributed by atoms with Crippen molar-refractivity contribution in [1.82, 2.24) is 0 Å². The third-order valence-corrected chi connectivity index (χ3v) is 4.10. The van der Waals surface area contributed by atoms with Crippen LogP contribution in [0, 0.1) is 0 Å². The second kappa shape index (κ2) is 4.34. The number of nitrogens with two attached hydrogens (primary N) is 1. The van der Waals surface area contributed by atoms with Crippen molar-refractivity contribution in [3.05, 3.63) is 40.5 Å². The summed E-state index contributed by atoms with van der Waals surface area (Å²) in [6.07, 6.45) is 1.52. The molecule has 1 rings (SSSR count). The monoisotopic (exact) mass is 261 g/mol. The van der Waals surface area contributed by atoms with Gasteiger partial charge in [0.1, 0.15) is 20.2 Å². The number of nitrogens with zero attached hydrogens (tertiary/aromatic N) is 1. The molecule has 1 aromatic carbocycles. The second-order valence-electron chi connectivity index (χ2n) is 2.84. The fourth-order valence-corrected chi connectivity index (χ4v) is 2.87. The van der Waals surface area contributed by atoms with Gasteiger partial charge in [-0.3, -0.25) is 0 Å². The van der Waals surface area contributed by atoms with Crippen LogP contribution in [-0.4, -0.2) is 16.8 Å². The molecule has 2 N–H and O–H groups in total. The van der Waals surface area contributed by atoms with Crippen molar-refractivity contribution < 1.29 is 16.8 Å². The molecule has 0 amide bonds. The van der Waals surface area contributed by atoms with Crippen LogP contribution in [0.1, 0.15) is 5.56 Å². The van der Waals surface area contributed by atoms with E-state index in [1.54, 1.807) is 0 Å². The smallest absolute Gasteiger partial charge is 0.143 e. The third kappa shape index (κ3) is 3.42. The number of hydrogen-bond acceptors (Lipinski definition) is 4. The SMILES string of the molecule is C=Cc1ccc(S(=O)(=O)[N-]S(N)(=O)=O)cc1. The van der Waals surface area contributed by atoms with Crippen molar-refractivity contribution in [1.29, 1.82) is 0 Å². The lowest BCUT2D eigenvalue weighted by atomic mass is 10.2. The van der Waals surface area contributed by atoms with Gasteiger partial charge < -0.3 is 4.13 Å². The molecule has 0 radical (unpaired) electrons. The van der Waals surface area contributed by atoms with Gasteiger partial charge in [-0.15, -0.1) is 0 Å². The predicted molar refractivity (Wildman–Crippen MR) is 60.2 cm³/mol. The minimum absolute atomic E-state index is 0.243. The lowest BCUT2D eigenvalue weighted by Crippen LogP contribution is -2.15. The van der Waals surface area contributed by atoms with E-state index in [-0.39, 0.29) is 4.90 Å². The number of sulfonamides is 1. The highest BCUT2D eigenvalue weighted by molar-refractivity contribution is 8.11. The Kier molecular flexibility index (Phi) is 3.48. The molecular weight excluding hydrogens is 252 g/mol. The number of rotatable bonds is 4. The average molecular weight is 261 g/mol. The van der Waals surface area contributed by atoms with Gasteiger partial charge in [0, 0.05) is 4.90 Å². The van der Waals surface area contributed by atoms with E-state index in [4.69, 9.17) is 0 Å². The molecule has 8 heteroatoms. The Morgan fingerprint density at radius 1 is 1.12 bits per heavy atom. The van der Waals surface area contributed by atoms with E-state index in [0.29, 0.717) is 5.56 Å². The van der Waals surface area contributed by atoms with Crippen LogP contribution < -0.4 is 5.14 Å². The lowest BCUT2D eigenvalue weighted by Gasteiger charge is -2.17. The Labute approximate surface area is 94.0 Å². The normalized spacial score (nSPS) is 12.3. The average Bonchev–Trinajstić information content (AvgIpc) is 2.14. The van der Waals surface area contributed by atoms with Gasteiger partial charge in [0.15, 0.2) is 0 Å². The lowest BCUT2D eigenvalue weighted by molar-refractivity contribution is 0.596. The zero-order chi connectivity index (χ0) is 12.4. The summed E-state index contributed by atoms with van der Waals surface area (Å²) < 4.78 is 46.5. The van der Waals surface area contributed by atoms with E-state index in [0.717, 1.165) is 0 Å². The van der Waals surface area contributed by atoms with Gasteiger partial charge in [-0.25, -0.2) is 22.0 Å². The van der Waals surface area contributed by atoms with Crippen LogP contribution in [-0.2, 0) is 20.2 Å². The molecule has 1 aromatic rings. The first-order valence-corrected chi connectivity index (χ1v) is 6.93. The van der Waals surface area contributed by atoms with Gasteiger partial charge in [0.2, 0.25) is 0 Å². The minimum Gasteiger partial charge on any atom is -0.418 e. The van der Waals surface area contributed by atoms with Gasteiger partial charge in [-0.2, -0.15) is 0 Å². The quantitative estimate of drug-likeness (QED) is 0.855. The van der Waals surface area contributed by atoms with Crippen LogP contribution >= 0.6 is 0 Å². The Morgan fingerprint density at radius 2 is 1.62 bits per heavy atom. The summed E-state index contributed by atoms with van der Waals surface area (Å²) in [5, 5.41) is 4.53. The fourth-order valence-electron chi connectivity index (χ4n) is 0.956. The van der Waals surface area contributed by atoms with Crippen LogP contribution in [0.3, 0.4) is 0 Å². The second-order valence-corrected chi connectivity index (χ2v) is 5.89. The molecule has 0 spiro atoms. The molecule has 0 aliphatic rings. The maximum absolute atomic E-state index is 11.4. The van der Waals surface area contributed by atoms with Crippen molar-refractivity contribution in [2.24, 2.45) is 5.14 Å². The van der Waals surface area contributed by atoms with Gasteiger partial charge in [0.25, 0.3) is 0 Å². The minimum atomic E-state index is -4.43. The first-order chi connectivity index (χ1) is 7.24. The van der Waals surface area contributed by atoms with Crippen molar-refractivity contribution in [3.63, 3.8) is 0 Å². The summed E-state index contributed by atoms with van der Waals surface area (Å²) in [7, 11) is -8.69. The zero-order valence-electron chi connectivity index (χ0n) is 8.07. The first-order valence-electron chi connectivity index (χ1n) is 3.99. The van der Waals surface area contributed by atoms with Crippen molar-refractivity contribution in [2.45, 2.75) is 4.90 Å². The van der Waals surface area contributed by atoms with E-state index in [1.165, 1.54) is 30.3 Å². The van der Waals surface area contributed by atoms with E-state index < -0.39 is 20.2 Å². The van der Waals surface area contributed by atoms with E-state index in [1.807, 2.05) is 0 Å². The number of benzene rings is 1. The maximum Gasteiger partial charge on any atom is 0.143 e. The molecule has 0 bridgehead atoms. The van der Waals surface area contributed by atoms with Crippen molar-refractivity contribution in [2.75, 3.05) is 0 Å². The number of hydrogen-bond donors (Lipinski definition) is 1. The van der Waals surface area contributed by atoms with Crippen LogP contribution in [0.25, 0.3) is 10.2 Å². The molecule has 0 atom stereocenters. The van der Waals surface area contributed by atoms with E-state index in [2.05, 4.69) is 15.8 Å². The maximum atomic E-state index is 11.4. The van der Waals surface area contributed by atoms with Gasteiger partial charge in [0.05, 0.1) is 0 Å². The van der Waals surface area contributed by atoms with Crippen LogP contribution in [0.15, 0.2) is 35.7 Å². The molecule has 0 fully saturated rings. The summed E-state index contributed by atoms with van der Waals surface area (Å²) in [6, 6.07) is 5.39. The first kappa shape index (κ1) is 12.8. The highest BCUT2D eigenvalue weighted by atomic mass is 32.3. The van der Waals surface area contributed by atoms with E-state index in [9.17, 15) is 16.8 Å². The van der Waals surface area contributed by atoms with Crippen LogP contribution in [0.2, 0.25) is 0 Å². The summed E-state index contributed by atoms with van der Waals surface area (Å²) in [5.41, 5.74) is 0.703. The van der Waals surface area contributed by atoms with Crippen LogP contribution in [0.5, 0.6) is 0 Å². The summed E-state index contributed by atoms with van der Waals surface area (Å²) in [4.78, 5) is -0.243. The van der Waals surface area contributed by atoms with Gasteiger partial charge in [-0.1, -0.05) is 24.8 Å². The standard InChI is InChI=1S/C8H9N2O4S2/c1-2-7-3-5-8(6-4-7)15(11,12)10-16(9,13)14/h2-6H,1H2,(H2,9,13,14)/q-1. The molecule has 0 aliphatic carbocycles. The van der Waals surface area contributed by atoms with Crippen LogP contribution in [0.4, 0.5) is 0 Å². The molecule has 0 aromatic heterocycles. The van der Waals surface area contributed by atoms with Gasteiger partial charge >= 0.3 is 0 Å². The molecule has 0 saturated heterocycles. The Bertz CT molecular complexity index is 587. The molecule has 0 aliphatic heterocycles. The van der Waals surface area contributed by atoms with Crippen molar-refractivity contribution in [3.8, 4) is 0 Å². The highest BCUT2D eigenvalue weighted by Gasteiger charge is 2.07. The predicted octanol–water partition coefficient (Wildman–Crippen LogP) is 0.596. The topological polar surface area (TPSA) is 108 Å².